The number of halogens is 1. The first kappa shape index (κ1) is 18.8. The van der Waals surface area contributed by atoms with Gasteiger partial charge in [-0.2, -0.15) is 0 Å². The predicted octanol–water partition coefficient (Wildman–Crippen LogP) is 5.18. The molecular formula is C23H15ClO5. The normalized spacial score (nSPS) is 13.7. The van der Waals surface area contributed by atoms with Gasteiger partial charge < -0.3 is 14.2 Å². The molecule has 1 heterocycles. The van der Waals surface area contributed by atoms with Crippen molar-refractivity contribution in [3.8, 4) is 17.2 Å². The number of esters is 1. The second kappa shape index (κ2) is 7.81. The van der Waals surface area contributed by atoms with E-state index in [1.165, 1.54) is 13.2 Å². The average Bonchev–Trinajstić information content (AvgIpc) is 3.04. The van der Waals surface area contributed by atoms with Crippen LogP contribution in [0.3, 0.4) is 0 Å². The average molecular weight is 407 g/mol. The topological polar surface area (TPSA) is 61.8 Å². The van der Waals surface area contributed by atoms with Gasteiger partial charge in [0.2, 0.25) is 5.78 Å². The van der Waals surface area contributed by atoms with E-state index in [-0.39, 0.29) is 17.3 Å². The third kappa shape index (κ3) is 3.86. The number of hydrogen-bond acceptors (Lipinski definition) is 5. The highest BCUT2D eigenvalue weighted by Crippen LogP contribution is 2.35. The number of ether oxygens (including phenoxy) is 3. The van der Waals surface area contributed by atoms with Crippen LogP contribution in [0.4, 0.5) is 0 Å². The first-order valence-corrected chi connectivity index (χ1v) is 9.12. The highest BCUT2D eigenvalue weighted by atomic mass is 35.5. The van der Waals surface area contributed by atoms with E-state index in [1.54, 1.807) is 60.7 Å². The van der Waals surface area contributed by atoms with Crippen molar-refractivity contribution in [3.63, 3.8) is 0 Å². The minimum atomic E-state index is -0.542. The Morgan fingerprint density at radius 3 is 2.62 bits per heavy atom. The Morgan fingerprint density at radius 1 is 1.00 bits per heavy atom. The van der Waals surface area contributed by atoms with Crippen LogP contribution in [0.1, 0.15) is 26.3 Å². The van der Waals surface area contributed by atoms with E-state index >= 15 is 0 Å². The Balaban J connectivity index is 1.56. The Bertz CT molecular complexity index is 1150. The molecule has 0 saturated heterocycles. The molecule has 1 aliphatic heterocycles. The van der Waals surface area contributed by atoms with Crippen LogP contribution in [0, 0.1) is 0 Å². The molecule has 4 rings (SSSR count). The number of hydrogen-bond donors (Lipinski definition) is 0. The van der Waals surface area contributed by atoms with E-state index in [0.717, 1.165) is 0 Å². The summed E-state index contributed by atoms with van der Waals surface area (Å²) in [6, 6.07) is 18.4. The van der Waals surface area contributed by atoms with Crippen LogP contribution in [-0.2, 0) is 0 Å². The molecular weight excluding hydrogens is 392 g/mol. The highest BCUT2D eigenvalue weighted by Gasteiger charge is 2.28. The van der Waals surface area contributed by atoms with Gasteiger partial charge in [0, 0.05) is 11.1 Å². The fourth-order valence-corrected chi connectivity index (χ4v) is 3.07. The summed E-state index contributed by atoms with van der Waals surface area (Å²) >= 11 is 6.15. The molecule has 0 bridgehead atoms. The second-order valence-corrected chi connectivity index (χ2v) is 6.65. The largest absolute Gasteiger partial charge is 0.497 e. The number of Topliss-reactive ketones (excluding diaryl/α,β-unsaturated/α-hetero) is 1. The van der Waals surface area contributed by atoms with E-state index in [0.29, 0.717) is 33.2 Å². The Kier molecular flexibility index (Phi) is 5.06. The van der Waals surface area contributed by atoms with Crippen LogP contribution < -0.4 is 14.2 Å². The summed E-state index contributed by atoms with van der Waals surface area (Å²) in [4.78, 5) is 25.0. The zero-order valence-electron chi connectivity index (χ0n) is 15.3. The third-order valence-electron chi connectivity index (χ3n) is 4.35. The molecule has 0 fully saturated rings. The molecule has 0 N–H and O–H groups in total. The van der Waals surface area contributed by atoms with E-state index < -0.39 is 5.97 Å². The molecule has 0 aliphatic carbocycles. The fraction of sp³-hybridized carbons (Fsp3) is 0.0435. The van der Waals surface area contributed by atoms with Crippen molar-refractivity contribution in [3.05, 3.63) is 94.2 Å². The van der Waals surface area contributed by atoms with Crippen LogP contribution in [0.5, 0.6) is 17.2 Å². The predicted molar refractivity (Wildman–Crippen MR) is 109 cm³/mol. The summed E-state index contributed by atoms with van der Waals surface area (Å²) in [7, 11) is 1.52. The number of carbonyl (C=O) groups excluding carboxylic acids is 2. The van der Waals surface area contributed by atoms with Gasteiger partial charge in [0.15, 0.2) is 5.76 Å². The molecule has 0 saturated carbocycles. The highest BCUT2D eigenvalue weighted by molar-refractivity contribution is 6.32. The zero-order chi connectivity index (χ0) is 20.4. The maximum atomic E-state index is 12.6. The molecule has 144 valence electrons. The summed E-state index contributed by atoms with van der Waals surface area (Å²) in [5, 5.41) is 0.514. The number of methoxy groups -OCH3 is 1. The summed E-state index contributed by atoms with van der Waals surface area (Å²) in [5.41, 5.74) is 1.42. The van der Waals surface area contributed by atoms with Crippen LogP contribution in [0.15, 0.2) is 72.5 Å². The molecule has 3 aromatic rings. The molecule has 0 radical (unpaired) electrons. The van der Waals surface area contributed by atoms with Gasteiger partial charge in [-0.25, -0.2) is 4.79 Å². The van der Waals surface area contributed by atoms with Gasteiger partial charge in [-0.1, -0.05) is 35.9 Å². The van der Waals surface area contributed by atoms with Gasteiger partial charge in [0.25, 0.3) is 0 Å². The Morgan fingerprint density at radius 2 is 1.83 bits per heavy atom. The molecule has 0 aromatic heterocycles. The monoisotopic (exact) mass is 406 g/mol. The minimum Gasteiger partial charge on any atom is -0.497 e. The van der Waals surface area contributed by atoms with Gasteiger partial charge in [-0.3, -0.25) is 4.79 Å². The zero-order valence-corrected chi connectivity index (χ0v) is 16.1. The van der Waals surface area contributed by atoms with Crippen LogP contribution >= 0.6 is 11.6 Å². The van der Waals surface area contributed by atoms with Crippen molar-refractivity contribution in [2.24, 2.45) is 0 Å². The molecule has 29 heavy (non-hydrogen) atoms. The van der Waals surface area contributed by atoms with Gasteiger partial charge in [0.1, 0.15) is 17.2 Å². The quantitative estimate of drug-likeness (QED) is 0.339. The number of benzene rings is 3. The third-order valence-corrected chi connectivity index (χ3v) is 4.69. The first-order valence-electron chi connectivity index (χ1n) is 8.74. The molecule has 0 atom stereocenters. The van der Waals surface area contributed by atoms with E-state index in [4.69, 9.17) is 25.8 Å². The summed E-state index contributed by atoms with van der Waals surface area (Å²) in [6.45, 7) is 0. The van der Waals surface area contributed by atoms with E-state index in [2.05, 4.69) is 0 Å². The van der Waals surface area contributed by atoms with Gasteiger partial charge in [0.05, 0.1) is 18.2 Å². The second-order valence-electron chi connectivity index (χ2n) is 6.24. The van der Waals surface area contributed by atoms with Crippen molar-refractivity contribution in [1.82, 2.24) is 0 Å². The smallest absolute Gasteiger partial charge is 0.343 e. The standard InChI is InChI=1S/C23H15ClO5/c1-27-16-7-4-6-15(11-16)23(26)28-17-9-10-18-20(13-17)29-21(22(18)25)12-14-5-2-3-8-19(14)24/h2-13H,1H3. The van der Waals surface area contributed by atoms with Crippen molar-refractivity contribution < 1.29 is 23.8 Å². The first-order chi connectivity index (χ1) is 14.0. The minimum absolute atomic E-state index is 0.157. The lowest BCUT2D eigenvalue weighted by molar-refractivity contribution is 0.0734. The summed E-state index contributed by atoms with van der Waals surface area (Å²) in [5.74, 6) is 0.499. The molecule has 5 nitrogen and oxygen atoms in total. The maximum Gasteiger partial charge on any atom is 0.343 e. The van der Waals surface area contributed by atoms with Gasteiger partial charge in [-0.15, -0.1) is 0 Å². The summed E-state index contributed by atoms with van der Waals surface area (Å²) in [6.07, 6.45) is 1.59. The molecule has 0 unspecified atom stereocenters. The number of fused-ring (bicyclic) bond motifs is 1. The SMILES string of the molecule is COc1cccc(C(=O)Oc2ccc3c(c2)OC(=Cc2ccccc2Cl)C3=O)c1. The van der Waals surface area contributed by atoms with Crippen molar-refractivity contribution in [1.29, 1.82) is 0 Å². The van der Waals surface area contributed by atoms with Gasteiger partial charge in [-0.05, 0) is 48.0 Å². The molecule has 1 aliphatic rings. The molecule has 0 spiro atoms. The Labute approximate surface area is 172 Å². The van der Waals surface area contributed by atoms with Crippen molar-refractivity contribution in [2.75, 3.05) is 7.11 Å². The Hall–Kier alpha value is -3.57. The van der Waals surface area contributed by atoms with Crippen LogP contribution in [-0.4, -0.2) is 18.9 Å². The molecule has 6 heteroatoms. The summed E-state index contributed by atoms with van der Waals surface area (Å²) < 4.78 is 16.2. The van der Waals surface area contributed by atoms with Crippen LogP contribution in [0.25, 0.3) is 6.08 Å². The van der Waals surface area contributed by atoms with Crippen LogP contribution in [0.2, 0.25) is 5.02 Å². The molecule has 0 amide bonds. The van der Waals surface area contributed by atoms with E-state index in [1.807, 2.05) is 6.07 Å². The number of carbonyl (C=O) groups is 2. The maximum absolute atomic E-state index is 12.6. The van der Waals surface area contributed by atoms with Gasteiger partial charge >= 0.3 is 5.97 Å². The molecule has 3 aromatic carbocycles. The lowest BCUT2D eigenvalue weighted by Crippen LogP contribution is -2.08. The van der Waals surface area contributed by atoms with E-state index in [9.17, 15) is 9.59 Å². The fourth-order valence-electron chi connectivity index (χ4n) is 2.88. The van der Waals surface area contributed by atoms with Crippen molar-refractivity contribution in [2.45, 2.75) is 0 Å². The lowest BCUT2D eigenvalue weighted by Gasteiger charge is -2.07. The van der Waals surface area contributed by atoms with Crippen molar-refractivity contribution >= 4 is 29.4 Å². The number of ketones is 1. The number of allylic oxidation sites excluding steroid dienone is 1. The lowest BCUT2D eigenvalue weighted by atomic mass is 10.1. The number of rotatable bonds is 4.